The van der Waals surface area contributed by atoms with Crippen LogP contribution < -0.4 is 5.73 Å². The molecule has 2 heteroatoms. The minimum atomic E-state index is -0.573. The van der Waals surface area contributed by atoms with Crippen molar-refractivity contribution >= 4 is 0 Å². The van der Waals surface area contributed by atoms with Crippen molar-refractivity contribution in [2.24, 2.45) is 11.7 Å². The second-order valence-corrected chi connectivity index (χ2v) is 3.38. The topological polar surface area (TPSA) is 49.8 Å². The Morgan fingerprint density at radius 3 is 2.40 bits per heavy atom. The van der Waals surface area contributed by atoms with Gasteiger partial charge in [-0.2, -0.15) is 5.26 Å². The van der Waals surface area contributed by atoms with Gasteiger partial charge in [-0.25, -0.2) is 0 Å². The van der Waals surface area contributed by atoms with Crippen molar-refractivity contribution in [3.63, 3.8) is 0 Å². The van der Waals surface area contributed by atoms with Gasteiger partial charge < -0.3 is 5.73 Å². The molecular formula is C8H14N2. The van der Waals surface area contributed by atoms with Crippen molar-refractivity contribution in [3.05, 3.63) is 0 Å². The molecule has 1 fully saturated rings. The van der Waals surface area contributed by atoms with E-state index in [1.807, 2.05) is 6.92 Å². The number of nitriles is 1. The SMILES string of the molecule is CC(N)(C#N)C1CCCC1. The number of nitrogens with two attached hydrogens (primary N) is 1. The molecular weight excluding hydrogens is 124 g/mol. The molecule has 0 saturated heterocycles. The van der Waals surface area contributed by atoms with Crippen LogP contribution in [-0.4, -0.2) is 5.54 Å². The number of rotatable bonds is 1. The number of hydrogen-bond donors (Lipinski definition) is 1. The maximum Gasteiger partial charge on any atom is 0.104 e. The van der Waals surface area contributed by atoms with Gasteiger partial charge in [-0.05, 0) is 25.7 Å². The van der Waals surface area contributed by atoms with Crippen molar-refractivity contribution in [1.29, 1.82) is 5.26 Å². The Hall–Kier alpha value is -0.550. The van der Waals surface area contributed by atoms with E-state index in [1.165, 1.54) is 12.8 Å². The maximum atomic E-state index is 8.68. The highest BCUT2D eigenvalue weighted by Crippen LogP contribution is 2.31. The fourth-order valence-electron chi connectivity index (χ4n) is 1.62. The van der Waals surface area contributed by atoms with E-state index in [0.717, 1.165) is 12.8 Å². The van der Waals surface area contributed by atoms with E-state index in [4.69, 9.17) is 11.0 Å². The van der Waals surface area contributed by atoms with Gasteiger partial charge in [0.2, 0.25) is 0 Å². The van der Waals surface area contributed by atoms with Crippen LogP contribution in [0.25, 0.3) is 0 Å². The van der Waals surface area contributed by atoms with Gasteiger partial charge in [0.05, 0.1) is 6.07 Å². The Morgan fingerprint density at radius 2 is 2.00 bits per heavy atom. The minimum absolute atomic E-state index is 0.442. The summed E-state index contributed by atoms with van der Waals surface area (Å²) in [4.78, 5) is 0. The molecule has 0 radical (unpaired) electrons. The zero-order chi connectivity index (χ0) is 7.61. The van der Waals surface area contributed by atoms with Crippen molar-refractivity contribution in [3.8, 4) is 6.07 Å². The van der Waals surface area contributed by atoms with Crippen LogP contribution in [0.5, 0.6) is 0 Å². The van der Waals surface area contributed by atoms with Crippen molar-refractivity contribution in [2.75, 3.05) is 0 Å². The molecule has 10 heavy (non-hydrogen) atoms. The van der Waals surface area contributed by atoms with Gasteiger partial charge in [-0.1, -0.05) is 12.8 Å². The standard InChI is InChI=1S/C8H14N2/c1-8(10,6-9)7-4-2-3-5-7/h7H,2-5,10H2,1H3. The van der Waals surface area contributed by atoms with Gasteiger partial charge in [-0.3, -0.25) is 0 Å². The monoisotopic (exact) mass is 138 g/mol. The summed E-state index contributed by atoms with van der Waals surface area (Å²) < 4.78 is 0. The number of hydrogen-bond acceptors (Lipinski definition) is 2. The van der Waals surface area contributed by atoms with Crippen molar-refractivity contribution in [2.45, 2.75) is 38.1 Å². The normalized spacial score (nSPS) is 25.7. The molecule has 1 atom stereocenters. The molecule has 0 amide bonds. The van der Waals surface area contributed by atoms with Crippen LogP contribution in [0.4, 0.5) is 0 Å². The van der Waals surface area contributed by atoms with Crippen LogP contribution in [0.2, 0.25) is 0 Å². The first kappa shape index (κ1) is 7.56. The molecule has 0 heterocycles. The highest BCUT2D eigenvalue weighted by Gasteiger charge is 2.31. The van der Waals surface area contributed by atoms with Gasteiger partial charge >= 0.3 is 0 Å². The third kappa shape index (κ3) is 1.30. The summed E-state index contributed by atoms with van der Waals surface area (Å²) in [6.45, 7) is 1.84. The summed E-state index contributed by atoms with van der Waals surface area (Å²) >= 11 is 0. The minimum Gasteiger partial charge on any atom is -0.313 e. The van der Waals surface area contributed by atoms with E-state index >= 15 is 0 Å². The van der Waals surface area contributed by atoms with Gasteiger partial charge in [0.25, 0.3) is 0 Å². The smallest absolute Gasteiger partial charge is 0.104 e. The van der Waals surface area contributed by atoms with Crippen LogP contribution in [0.1, 0.15) is 32.6 Å². The average molecular weight is 138 g/mol. The highest BCUT2D eigenvalue weighted by molar-refractivity contribution is 5.06. The second-order valence-electron chi connectivity index (χ2n) is 3.38. The molecule has 1 rings (SSSR count). The Labute approximate surface area is 62.0 Å². The lowest BCUT2D eigenvalue weighted by Gasteiger charge is -2.22. The van der Waals surface area contributed by atoms with Crippen LogP contribution in [0.3, 0.4) is 0 Å². The molecule has 1 unspecified atom stereocenters. The quantitative estimate of drug-likeness (QED) is 0.595. The molecule has 0 aliphatic heterocycles. The summed E-state index contributed by atoms with van der Waals surface area (Å²) in [6, 6.07) is 2.16. The fourth-order valence-corrected chi connectivity index (χ4v) is 1.62. The van der Waals surface area contributed by atoms with E-state index in [0.29, 0.717) is 5.92 Å². The third-order valence-electron chi connectivity index (χ3n) is 2.44. The summed E-state index contributed by atoms with van der Waals surface area (Å²) in [5.41, 5.74) is 5.19. The van der Waals surface area contributed by atoms with Gasteiger partial charge in [0.15, 0.2) is 0 Å². The number of nitrogens with zero attached hydrogens (tertiary/aromatic N) is 1. The third-order valence-corrected chi connectivity index (χ3v) is 2.44. The maximum absolute atomic E-state index is 8.68. The summed E-state index contributed by atoms with van der Waals surface area (Å²) in [6.07, 6.45) is 4.78. The second kappa shape index (κ2) is 2.59. The van der Waals surface area contributed by atoms with Crippen LogP contribution in [0, 0.1) is 17.2 Å². The van der Waals surface area contributed by atoms with Gasteiger partial charge in [0.1, 0.15) is 5.54 Å². The molecule has 2 nitrogen and oxygen atoms in total. The predicted molar refractivity (Wildman–Crippen MR) is 40.2 cm³/mol. The van der Waals surface area contributed by atoms with E-state index in [9.17, 15) is 0 Å². The molecule has 56 valence electrons. The zero-order valence-electron chi connectivity index (χ0n) is 6.43. The Balaban J connectivity index is 2.56. The molecule has 0 spiro atoms. The molecule has 1 aliphatic rings. The summed E-state index contributed by atoms with van der Waals surface area (Å²) in [5.74, 6) is 0.442. The van der Waals surface area contributed by atoms with Gasteiger partial charge in [0, 0.05) is 0 Å². The van der Waals surface area contributed by atoms with E-state index in [1.54, 1.807) is 0 Å². The Morgan fingerprint density at radius 1 is 1.50 bits per heavy atom. The van der Waals surface area contributed by atoms with E-state index in [-0.39, 0.29) is 0 Å². The zero-order valence-corrected chi connectivity index (χ0v) is 6.43. The first-order valence-electron chi connectivity index (χ1n) is 3.87. The highest BCUT2D eigenvalue weighted by atomic mass is 14.7. The van der Waals surface area contributed by atoms with E-state index in [2.05, 4.69) is 6.07 Å². The lowest BCUT2D eigenvalue weighted by Crippen LogP contribution is -2.41. The summed E-state index contributed by atoms with van der Waals surface area (Å²) in [7, 11) is 0. The van der Waals surface area contributed by atoms with Crippen LogP contribution >= 0.6 is 0 Å². The molecule has 0 aromatic rings. The van der Waals surface area contributed by atoms with Crippen LogP contribution in [0.15, 0.2) is 0 Å². The molecule has 0 bridgehead atoms. The first-order valence-corrected chi connectivity index (χ1v) is 3.87. The molecule has 0 aromatic carbocycles. The lowest BCUT2D eigenvalue weighted by molar-refractivity contribution is 0.376. The molecule has 0 aromatic heterocycles. The average Bonchev–Trinajstić information content (AvgIpc) is 2.38. The largest absolute Gasteiger partial charge is 0.313 e. The fraction of sp³-hybridized carbons (Fsp3) is 0.875. The Bertz CT molecular complexity index is 149. The van der Waals surface area contributed by atoms with E-state index < -0.39 is 5.54 Å². The Kier molecular flexibility index (Phi) is 1.96. The molecule has 1 saturated carbocycles. The van der Waals surface area contributed by atoms with Crippen molar-refractivity contribution < 1.29 is 0 Å². The summed E-state index contributed by atoms with van der Waals surface area (Å²) in [5, 5.41) is 8.68. The molecule has 1 aliphatic carbocycles. The van der Waals surface area contributed by atoms with Crippen molar-refractivity contribution in [1.82, 2.24) is 0 Å². The van der Waals surface area contributed by atoms with Crippen LogP contribution in [-0.2, 0) is 0 Å². The predicted octanol–water partition coefficient (Wildman–Crippen LogP) is 1.42. The first-order chi connectivity index (χ1) is 4.67. The lowest BCUT2D eigenvalue weighted by atomic mass is 9.87. The van der Waals surface area contributed by atoms with Gasteiger partial charge in [-0.15, -0.1) is 0 Å². The molecule has 2 N–H and O–H groups in total.